The van der Waals surface area contributed by atoms with Gasteiger partial charge in [0.15, 0.2) is 0 Å². The molecule has 0 unspecified atom stereocenters. The van der Waals surface area contributed by atoms with Gasteiger partial charge < -0.3 is 4.90 Å². The largest absolute Gasteiger partial charge is 0.338 e. The summed E-state index contributed by atoms with van der Waals surface area (Å²) < 4.78 is 1.22. The van der Waals surface area contributed by atoms with Crippen molar-refractivity contribution < 1.29 is 9.72 Å². The molecule has 1 saturated heterocycles. The summed E-state index contributed by atoms with van der Waals surface area (Å²) >= 11 is 0. The molecule has 1 aromatic carbocycles. The molecule has 0 aliphatic carbocycles. The Morgan fingerprint density at radius 1 is 1.42 bits per heavy atom. The highest BCUT2D eigenvalue weighted by molar-refractivity contribution is 5.81. The zero-order valence-corrected chi connectivity index (χ0v) is 13.3. The highest BCUT2D eigenvalue weighted by Gasteiger charge is 2.23. The van der Waals surface area contributed by atoms with Crippen molar-refractivity contribution in [2.75, 3.05) is 6.54 Å². The van der Waals surface area contributed by atoms with Gasteiger partial charge in [0.1, 0.15) is 6.54 Å². The number of likely N-dealkylation sites (tertiary alicyclic amines) is 1. The first-order valence-corrected chi connectivity index (χ1v) is 7.90. The van der Waals surface area contributed by atoms with E-state index in [2.05, 4.69) is 4.98 Å². The summed E-state index contributed by atoms with van der Waals surface area (Å²) in [7, 11) is 0. The van der Waals surface area contributed by atoms with Crippen LogP contribution < -0.4 is 5.56 Å². The van der Waals surface area contributed by atoms with E-state index in [4.69, 9.17) is 0 Å². The number of rotatable bonds is 3. The van der Waals surface area contributed by atoms with Gasteiger partial charge in [-0.2, -0.15) is 0 Å². The Hall–Kier alpha value is -2.77. The summed E-state index contributed by atoms with van der Waals surface area (Å²) in [6.07, 6.45) is 4.35. The zero-order valence-electron chi connectivity index (χ0n) is 13.3. The highest BCUT2D eigenvalue weighted by Crippen LogP contribution is 2.18. The summed E-state index contributed by atoms with van der Waals surface area (Å²) in [5.74, 6) is -0.129. The van der Waals surface area contributed by atoms with Crippen LogP contribution in [0.15, 0.2) is 29.3 Å². The molecule has 3 rings (SSSR count). The van der Waals surface area contributed by atoms with E-state index in [1.807, 2.05) is 6.92 Å². The minimum atomic E-state index is -0.559. The predicted molar refractivity (Wildman–Crippen MR) is 87.7 cm³/mol. The Balaban J connectivity index is 1.92. The van der Waals surface area contributed by atoms with Gasteiger partial charge in [0.2, 0.25) is 5.91 Å². The van der Waals surface area contributed by atoms with E-state index in [0.717, 1.165) is 19.3 Å². The maximum atomic E-state index is 12.5. The van der Waals surface area contributed by atoms with Gasteiger partial charge in [-0.3, -0.25) is 24.3 Å². The first-order chi connectivity index (χ1) is 11.5. The number of carbonyl (C=O) groups excluding carboxylic acids is 1. The van der Waals surface area contributed by atoms with Crippen molar-refractivity contribution in [2.24, 2.45) is 0 Å². The molecule has 0 saturated carbocycles. The van der Waals surface area contributed by atoms with E-state index in [1.54, 1.807) is 4.90 Å². The second-order valence-corrected chi connectivity index (χ2v) is 6.07. The number of non-ortho nitro benzene ring substituents is 1. The molecule has 1 aromatic heterocycles. The van der Waals surface area contributed by atoms with Crippen LogP contribution in [0.5, 0.6) is 0 Å². The fourth-order valence-corrected chi connectivity index (χ4v) is 3.08. The third-order valence-electron chi connectivity index (χ3n) is 4.45. The summed E-state index contributed by atoms with van der Waals surface area (Å²) in [5.41, 5.74) is -0.238. The average molecular weight is 330 g/mol. The van der Waals surface area contributed by atoms with Gasteiger partial charge in [0.25, 0.3) is 11.2 Å². The van der Waals surface area contributed by atoms with Crippen molar-refractivity contribution in [1.82, 2.24) is 14.5 Å². The maximum Gasteiger partial charge on any atom is 0.270 e. The van der Waals surface area contributed by atoms with E-state index in [-0.39, 0.29) is 29.6 Å². The molecule has 1 aliphatic heterocycles. The van der Waals surface area contributed by atoms with Crippen molar-refractivity contribution in [2.45, 2.75) is 38.8 Å². The molecule has 1 fully saturated rings. The number of fused-ring (bicyclic) bond motifs is 1. The second-order valence-electron chi connectivity index (χ2n) is 6.07. The van der Waals surface area contributed by atoms with Crippen molar-refractivity contribution in [3.63, 3.8) is 0 Å². The van der Waals surface area contributed by atoms with Gasteiger partial charge in [-0.15, -0.1) is 0 Å². The SMILES string of the molecule is C[C@H]1CCCCN1C(=O)Cn1cnc2ccc([N+](=O)[O-])cc2c1=O. The number of piperidine rings is 1. The zero-order chi connectivity index (χ0) is 17.3. The molecule has 1 amide bonds. The normalized spacial score (nSPS) is 17.9. The van der Waals surface area contributed by atoms with Crippen LogP contribution in [-0.2, 0) is 11.3 Å². The molecular weight excluding hydrogens is 312 g/mol. The third kappa shape index (κ3) is 2.99. The standard InChI is InChI=1S/C16H18N4O4/c1-11-4-2-3-7-19(11)15(21)9-18-10-17-14-6-5-12(20(23)24)8-13(14)16(18)22/h5-6,8,10-11H,2-4,7,9H2,1H3/t11-/m0/s1. The predicted octanol–water partition coefficient (Wildman–Crippen LogP) is 1.71. The van der Waals surface area contributed by atoms with Gasteiger partial charge >= 0.3 is 0 Å². The minimum absolute atomic E-state index is 0.102. The summed E-state index contributed by atoms with van der Waals surface area (Å²) in [6, 6.07) is 4.11. The average Bonchev–Trinajstić information content (AvgIpc) is 2.57. The van der Waals surface area contributed by atoms with E-state index >= 15 is 0 Å². The molecule has 0 spiro atoms. The molecule has 0 bridgehead atoms. The van der Waals surface area contributed by atoms with Crippen LogP contribution >= 0.6 is 0 Å². The first kappa shape index (κ1) is 16.1. The summed E-state index contributed by atoms with van der Waals surface area (Å²) in [6.45, 7) is 2.60. The van der Waals surface area contributed by atoms with Crippen LogP contribution in [0.1, 0.15) is 26.2 Å². The Morgan fingerprint density at radius 3 is 2.92 bits per heavy atom. The maximum absolute atomic E-state index is 12.5. The van der Waals surface area contributed by atoms with E-state index in [1.165, 1.54) is 29.1 Å². The van der Waals surface area contributed by atoms with Gasteiger partial charge in [0, 0.05) is 24.7 Å². The van der Waals surface area contributed by atoms with Crippen molar-refractivity contribution in [3.8, 4) is 0 Å². The summed E-state index contributed by atoms with van der Waals surface area (Å²) in [5, 5.41) is 11.0. The Bertz CT molecular complexity index is 861. The number of carbonyl (C=O) groups is 1. The molecule has 1 aliphatic rings. The van der Waals surface area contributed by atoms with Crippen LogP contribution in [0.2, 0.25) is 0 Å². The molecular formula is C16H18N4O4. The minimum Gasteiger partial charge on any atom is -0.338 e. The lowest BCUT2D eigenvalue weighted by atomic mass is 10.0. The number of aromatic nitrogens is 2. The molecule has 2 heterocycles. The van der Waals surface area contributed by atoms with E-state index in [9.17, 15) is 19.7 Å². The number of nitrogens with zero attached hydrogens (tertiary/aromatic N) is 4. The quantitative estimate of drug-likeness (QED) is 0.630. The number of hydrogen-bond acceptors (Lipinski definition) is 5. The monoisotopic (exact) mass is 330 g/mol. The fourth-order valence-electron chi connectivity index (χ4n) is 3.08. The molecule has 0 radical (unpaired) electrons. The lowest BCUT2D eigenvalue weighted by Gasteiger charge is -2.33. The van der Waals surface area contributed by atoms with Gasteiger partial charge in [-0.05, 0) is 32.3 Å². The number of nitro groups is 1. The van der Waals surface area contributed by atoms with Gasteiger partial charge in [0.05, 0.1) is 22.2 Å². The summed E-state index contributed by atoms with van der Waals surface area (Å²) in [4.78, 5) is 41.2. The first-order valence-electron chi connectivity index (χ1n) is 7.90. The van der Waals surface area contributed by atoms with E-state index < -0.39 is 10.5 Å². The van der Waals surface area contributed by atoms with Crippen LogP contribution in [0, 0.1) is 10.1 Å². The molecule has 126 valence electrons. The molecule has 8 nitrogen and oxygen atoms in total. The molecule has 1 atom stereocenters. The van der Waals surface area contributed by atoms with Crippen LogP contribution in [0.25, 0.3) is 10.9 Å². The molecule has 2 aromatic rings. The molecule has 0 N–H and O–H groups in total. The number of amides is 1. The second kappa shape index (κ2) is 6.38. The van der Waals surface area contributed by atoms with Crippen LogP contribution in [-0.4, -0.2) is 37.9 Å². The highest BCUT2D eigenvalue weighted by atomic mass is 16.6. The van der Waals surface area contributed by atoms with Crippen molar-refractivity contribution in [3.05, 3.63) is 45.0 Å². The number of nitro benzene ring substituents is 1. The fraction of sp³-hybridized carbons (Fsp3) is 0.438. The van der Waals surface area contributed by atoms with Gasteiger partial charge in [-0.1, -0.05) is 0 Å². The lowest BCUT2D eigenvalue weighted by molar-refractivity contribution is -0.384. The van der Waals surface area contributed by atoms with Crippen LogP contribution in [0.3, 0.4) is 0 Å². The van der Waals surface area contributed by atoms with Crippen molar-refractivity contribution >= 4 is 22.5 Å². The van der Waals surface area contributed by atoms with Crippen molar-refractivity contribution in [1.29, 1.82) is 0 Å². The lowest BCUT2D eigenvalue weighted by Crippen LogP contribution is -2.44. The topological polar surface area (TPSA) is 98.3 Å². The third-order valence-corrected chi connectivity index (χ3v) is 4.45. The smallest absolute Gasteiger partial charge is 0.270 e. The number of benzene rings is 1. The number of hydrogen-bond donors (Lipinski definition) is 0. The molecule has 8 heteroatoms. The Kier molecular flexibility index (Phi) is 4.28. The van der Waals surface area contributed by atoms with Crippen LogP contribution in [0.4, 0.5) is 5.69 Å². The van der Waals surface area contributed by atoms with Gasteiger partial charge in [-0.25, -0.2) is 4.98 Å². The Labute approximate surface area is 137 Å². The Morgan fingerprint density at radius 2 is 2.21 bits per heavy atom. The van der Waals surface area contributed by atoms with E-state index in [0.29, 0.717) is 12.1 Å². The molecule has 24 heavy (non-hydrogen) atoms.